The third kappa shape index (κ3) is 10.4. The molecule has 0 aliphatic rings. The van der Waals surface area contributed by atoms with Crippen molar-refractivity contribution >= 4 is 6.09 Å². The van der Waals surface area contributed by atoms with Gasteiger partial charge in [-0.3, -0.25) is 0 Å². The topological polar surface area (TPSA) is 53.3 Å². The lowest BCUT2D eigenvalue weighted by Gasteiger charge is -2.27. The summed E-state index contributed by atoms with van der Waals surface area (Å²) >= 11 is 0. The van der Waals surface area contributed by atoms with Crippen LogP contribution < -0.4 is 0 Å². The van der Waals surface area contributed by atoms with Crippen LogP contribution in [-0.4, -0.2) is 29.7 Å². The van der Waals surface area contributed by atoms with E-state index in [-0.39, 0.29) is 6.09 Å². The monoisotopic (exact) mass is 268 g/mol. The Labute approximate surface area is 117 Å². The molecular formula is C15H28N2O2. The van der Waals surface area contributed by atoms with Crippen LogP contribution >= 0.6 is 0 Å². The molecule has 0 aromatic heterocycles. The Balaban J connectivity index is 4.31. The fraction of sp³-hybridized carbons (Fsp3) is 0.867. The van der Waals surface area contributed by atoms with Crippen LogP contribution in [0, 0.1) is 17.2 Å². The third-order valence-corrected chi connectivity index (χ3v) is 2.58. The number of nitrogens with zero attached hydrogens (tertiary/aromatic N) is 2. The van der Waals surface area contributed by atoms with Crippen molar-refractivity contribution in [2.45, 2.75) is 65.9 Å². The van der Waals surface area contributed by atoms with E-state index in [4.69, 9.17) is 10.00 Å². The minimum atomic E-state index is -0.470. The van der Waals surface area contributed by atoms with Crippen molar-refractivity contribution in [2.24, 2.45) is 5.92 Å². The molecule has 0 aromatic rings. The van der Waals surface area contributed by atoms with Crippen molar-refractivity contribution < 1.29 is 9.53 Å². The second-order valence-corrected chi connectivity index (χ2v) is 6.27. The number of rotatable bonds is 7. The number of unbranched alkanes of at least 4 members (excludes halogenated alkanes) is 1. The van der Waals surface area contributed by atoms with Gasteiger partial charge < -0.3 is 9.64 Å². The molecule has 0 spiro atoms. The van der Waals surface area contributed by atoms with Crippen molar-refractivity contribution in [1.82, 2.24) is 4.90 Å². The van der Waals surface area contributed by atoms with Gasteiger partial charge in [0.05, 0.1) is 6.07 Å². The van der Waals surface area contributed by atoms with Gasteiger partial charge in [-0.2, -0.15) is 5.26 Å². The predicted octanol–water partition coefficient (Wildman–Crippen LogP) is 3.96. The lowest BCUT2D eigenvalue weighted by atomic mass is 10.1. The van der Waals surface area contributed by atoms with Crippen LogP contribution in [0.25, 0.3) is 0 Å². The zero-order valence-electron chi connectivity index (χ0n) is 13.0. The molecule has 0 saturated heterocycles. The van der Waals surface area contributed by atoms with E-state index in [2.05, 4.69) is 19.9 Å². The summed E-state index contributed by atoms with van der Waals surface area (Å²) in [7, 11) is 0. The standard InChI is InChI=1S/C15H28N2O2/c1-13(2)9-8-12-17(11-7-6-10-16)14(18)19-15(3,4)5/h13H,6-9,11-12H2,1-5H3. The highest BCUT2D eigenvalue weighted by Crippen LogP contribution is 2.12. The lowest BCUT2D eigenvalue weighted by molar-refractivity contribution is 0.0244. The molecule has 0 aliphatic heterocycles. The largest absolute Gasteiger partial charge is 0.444 e. The van der Waals surface area contributed by atoms with Gasteiger partial charge in [0, 0.05) is 19.5 Å². The first-order valence-corrected chi connectivity index (χ1v) is 7.11. The molecule has 0 atom stereocenters. The van der Waals surface area contributed by atoms with Crippen molar-refractivity contribution in [3.05, 3.63) is 0 Å². The van der Waals surface area contributed by atoms with Crippen LogP contribution in [0.2, 0.25) is 0 Å². The molecule has 110 valence electrons. The second-order valence-electron chi connectivity index (χ2n) is 6.27. The molecule has 4 nitrogen and oxygen atoms in total. The summed E-state index contributed by atoms with van der Waals surface area (Å²) in [4.78, 5) is 13.8. The van der Waals surface area contributed by atoms with Gasteiger partial charge in [-0.25, -0.2) is 4.79 Å². The molecule has 0 unspecified atom stereocenters. The van der Waals surface area contributed by atoms with E-state index in [9.17, 15) is 4.79 Å². The zero-order valence-corrected chi connectivity index (χ0v) is 13.0. The van der Waals surface area contributed by atoms with Gasteiger partial charge in [0.1, 0.15) is 5.60 Å². The average Bonchev–Trinajstić information content (AvgIpc) is 2.24. The van der Waals surface area contributed by atoms with E-state index in [0.717, 1.165) is 12.8 Å². The molecule has 0 heterocycles. The maximum atomic E-state index is 12.0. The molecule has 0 aromatic carbocycles. The molecule has 0 bridgehead atoms. The van der Waals surface area contributed by atoms with Crippen LogP contribution in [0.15, 0.2) is 0 Å². The first-order valence-electron chi connectivity index (χ1n) is 7.11. The number of carbonyl (C=O) groups is 1. The summed E-state index contributed by atoms with van der Waals surface area (Å²) in [6, 6.07) is 2.11. The van der Waals surface area contributed by atoms with Gasteiger partial charge in [0.15, 0.2) is 0 Å². The maximum absolute atomic E-state index is 12.0. The normalized spacial score (nSPS) is 11.2. The van der Waals surface area contributed by atoms with Crippen molar-refractivity contribution in [3.8, 4) is 6.07 Å². The van der Waals surface area contributed by atoms with Crippen LogP contribution in [0.1, 0.15) is 60.3 Å². The maximum Gasteiger partial charge on any atom is 0.410 e. The Morgan fingerprint density at radius 2 is 1.84 bits per heavy atom. The molecule has 0 saturated carbocycles. The molecule has 19 heavy (non-hydrogen) atoms. The fourth-order valence-corrected chi connectivity index (χ4v) is 1.66. The number of nitriles is 1. The van der Waals surface area contributed by atoms with E-state index in [1.807, 2.05) is 20.8 Å². The molecule has 0 rings (SSSR count). The van der Waals surface area contributed by atoms with Crippen LogP contribution in [0.4, 0.5) is 4.79 Å². The van der Waals surface area contributed by atoms with Crippen molar-refractivity contribution in [1.29, 1.82) is 5.26 Å². The Morgan fingerprint density at radius 1 is 1.26 bits per heavy atom. The van der Waals surface area contributed by atoms with E-state index >= 15 is 0 Å². The summed E-state index contributed by atoms with van der Waals surface area (Å²) in [6.07, 6.45) is 2.98. The first-order chi connectivity index (χ1) is 8.76. The minimum Gasteiger partial charge on any atom is -0.444 e. The Morgan fingerprint density at radius 3 is 2.32 bits per heavy atom. The highest BCUT2D eigenvalue weighted by molar-refractivity contribution is 5.68. The Hall–Kier alpha value is -1.24. The van der Waals surface area contributed by atoms with Gasteiger partial charge in [0.2, 0.25) is 0 Å². The molecule has 4 heteroatoms. The molecule has 1 amide bonds. The molecular weight excluding hydrogens is 240 g/mol. The number of hydrogen-bond acceptors (Lipinski definition) is 3. The zero-order chi connectivity index (χ0) is 14.9. The number of amides is 1. The van der Waals surface area contributed by atoms with E-state index < -0.39 is 5.60 Å². The predicted molar refractivity (Wildman–Crippen MR) is 76.7 cm³/mol. The lowest BCUT2D eigenvalue weighted by Crippen LogP contribution is -2.38. The average molecular weight is 268 g/mol. The number of hydrogen-bond donors (Lipinski definition) is 0. The van der Waals surface area contributed by atoms with Crippen LogP contribution in [0.5, 0.6) is 0 Å². The van der Waals surface area contributed by atoms with Gasteiger partial charge in [-0.05, 0) is 46.0 Å². The molecule has 0 radical (unpaired) electrons. The number of ether oxygens (including phenoxy) is 1. The Kier molecular flexibility index (Phi) is 8.22. The van der Waals surface area contributed by atoms with Crippen molar-refractivity contribution in [2.75, 3.05) is 13.1 Å². The molecule has 0 N–H and O–H groups in total. The van der Waals surface area contributed by atoms with Crippen LogP contribution in [-0.2, 0) is 4.74 Å². The van der Waals surface area contributed by atoms with E-state index in [0.29, 0.717) is 31.8 Å². The Bertz CT molecular complexity index is 300. The van der Waals surface area contributed by atoms with Crippen LogP contribution in [0.3, 0.4) is 0 Å². The molecule has 0 aliphatic carbocycles. The fourth-order valence-electron chi connectivity index (χ4n) is 1.66. The van der Waals surface area contributed by atoms with E-state index in [1.54, 1.807) is 4.90 Å². The quantitative estimate of drug-likeness (QED) is 0.657. The van der Waals surface area contributed by atoms with Crippen molar-refractivity contribution in [3.63, 3.8) is 0 Å². The van der Waals surface area contributed by atoms with E-state index in [1.165, 1.54) is 0 Å². The van der Waals surface area contributed by atoms with Gasteiger partial charge in [-0.1, -0.05) is 13.8 Å². The first kappa shape index (κ1) is 17.8. The summed E-state index contributed by atoms with van der Waals surface area (Å²) in [6.45, 7) is 11.3. The molecule has 0 fully saturated rings. The SMILES string of the molecule is CC(C)CCCN(CCCC#N)C(=O)OC(C)(C)C. The summed E-state index contributed by atoms with van der Waals surface area (Å²) in [5.41, 5.74) is -0.470. The highest BCUT2D eigenvalue weighted by atomic mass is 16.6. The number of carbonyl (C=O) groups excluding carboxylic acids is 1. The third-order valence-electron chi connectivity index (χ3n) is 2.58. The summed E-state index contributed by atoms with van der Waals surface area (Å²) in [5.74, 6) is 0.639. The summed E-state index contributed by atoms with van der Waals surface area (Å²) in [5, 5.41) is 8.57. The van der Waals surface area contributed by atoms with Gasteiger partial charge >= 0.3 is 6.09 Å². The minimum absolute atomic E-state index is 0.269. The van der Waals surface area contributed by atoms with Gasteiger partial charge in [-0.15, -0.1) is 0 Å². The highest BCUT2D eigenvalue weighted by Gasteiger charge is 2.21. The summed E-state index contributed by atoms with van der Waals surface area (Å²) < 4.78 is 5.39. The van der Waals surface area contributed by atoms with Gasteiger partial charge in [0.25, 0.3) is 0 Å². The second kappa shape index (κ2) is 8.79. The smallest absolute Gasteiger partial charge is 0.410 e.